The zero-order valence-electron chi connectivity index (χ0n) is 26.7. The van der Waals surface area contributed by atoms with E-state index >= 15 is 0 Å². The molecular formula is C39H37ClO5. The monoisotopic (exact) mass is 620 g/mol. The minimum absolute atomic E-state index is 0.0284. The minimum Gasteiger partial charge on any atom is -0.478 e. The Morgan fingerprint density at radius 3 is 2.04 bits per heavy atom. The number of ketones is 2. The summed E-state index contributed by atoms with van der Waals surface area (Å²) in [6, 6.07) is 20.5. The van der Waals surface area contributed by atoms with Gasteiger partial charge in [-0.15, -0.1) is 0 Å². The molecule has 6 heteroatoms. The topological polar surface area (TPSA) is 72.8 Å². The van der Waals surface area contributed by atoms with Crippen LogP contribution in [0.3, 0.4) is 0 Å². The minimum atomic E-state index is -2.26. The third-order valence-corrected chi connectivity index (χ3v) is 10.0. The Morgan fingerprint density at radius 1 is 0.867 bits per heavy atom. The van der Waals surface area contributed by atoms with Gasteiger partial charge in [-0.3, -0.25) is 9.59 Å². The Bertz CT molecular complexity index is 2050. The van der Waals surface area contributed by atoms with E-state index in [1.165, 1.54) is 18.1 Å². The van der Waals surface area contributed by atoms with Crippen LogP contribution in [0.15, 0.2) is 77.0 Å². The molecule has 230 valence electrons. The lowest BCUT2D eigenvalue weighted by molar-refractivity contribution is -0.160. The van der Waals surface area contributed by atoms with Crippen molar-refractivity contribution in [3.63, 3.8) is 0 Å². The number of rotatable bonds is 2. The van der Waals surface area contributed by atoms with E-state index in [2.05, 4.69) is 77.9 Å². The number of ether oxygens (including phenoxy) is 2. The number of aliphatic hydroxyl groups is 1. The zero-order chi connectivity index (χ0) is 32.3. The summed E-state index contributed by atoms with van der Waals surface area (Å²) in [5.41, 5.74) is 0.547. The lowest BCUT2D eigenvalue weighted by Crippen LogP contribution is -2.66. The molecule has 1 aliphatic carbocycles. The second-order valence-corrected chi connectivity index (χ2v) is 15.2. The molecule has 0 unspecified atom stereocenters. The van der Waals surface area contributed by atoms with Gasteiger partial charge in [0.2, 0.25) is 5.78 Å². The van der Waals surface area contributed by atoms with E-state index in [1.807, 2.05) is 30.3 Å². The first-order chi connectivity index (χ1) is 21.0. The largest absolute Gasteiger partial charge is 0.478 e. The molecule has 2 heterocycles. The summed E-state index contributed by atoms with van der Waals surface area (Å²) in [5, 5.41) is 16.2. The van der Waals surface area contributed by atoms with Gasteiger partial charge < -0.3 is 14.6 Å². The third-order valence-electron chi connectivity index (χ3n) is 9.68. The Kier molecular flexibility index (Phi) is 6.31. The quantitative estimate of drug-likeness (QED) is 0.243. The average Bonchev–Trinajstić information content (AvgIpc) is 3.39. The van der Waals surface area contributed by atoms with Crippen molar-refractivity contribution in [3.8, 4) is 11.5 Å². The molecule has 0 saturated heterocycles. The van der Waals surface area contributed by atoms with Gasteiger partial charge in [0.1, 0.15) is 22.3 Å². The molecule has 3 aliphatic rings. The van der Waals surface area contributed by atoms with Gasteiger partial charge in [-0.25, -0.2) is 0 Å². The van der Waals surface area contributed by atoms with Gasteiger partial charge in [-0.05, 0) is 68.6 Å². The summed E-state index contributed by atoms with van der Waals surface area (Å²) in [7, 11) is 0. The molecule has 2 aliphatic heterocycles. The van der Waals surface area contributed by atoms with Gasteiger partial charge in [0.25, 0.3) is 0 Å². The van der Waals surface area contributed by atoms with Crippen molar-refractivity contribution in [2.75, 3.05) is 0 Å². The van der Waals surface area contributed by atoms with Crippen molar-refractivity contribution in [1.82, 2.24) is 0 Å². The van der Waals surface area contributed by atoms with Gasteiger partial charge in [0, 0.05) is 29.5 Å². The summed E-state index contributed by atoms with van der Waals surface area (Å²) in [6.07, 6.45) is 1.63. The van der Waals surface area contributed by atoms with Crippen molar-refractivity contribution >= 4 is 50.8 Å². The molecule has 45 heavy (non-hydrogen) atoms. The van der Waals surface area contributed by atoms with Gasteiger partial charge in [-0.1, -0.05) is 102 Å². The summed E-state index contributed by atoms with van der Waals surface area (Å²) in [5.74, 6) is 0.129. The van der Waals surface area contributed by atoms with Crippen molar-refractivity contribution in [3.05, 3.63) is 99.3 Å². The van der Waals surface area contributed by atoms with Crippen molar-refractivity contribution in [1.29, 1.82) is 0 Å². The van der Waals surface area contributed by atoms with E-state index in [-0.39, 0.29) is 33.8 Å². The van der Waals surface area contributed by atoms with Crippen LogP contribution in [0.4, 0.5) is 0 Å². The number of fused-ring (bicyclic) bond motifs is 8. The van der Waals surface area contributed by atoms with Crippen LogP contribution in [0.1, 0.15) is 77.1 Å². The highest BCUT2D eigenvalue weighted by molar-refractivity contribution is 6.45. The molecule has 4 aromatic carbocycles. The molecule has 2 atom stereocenters. The van der Waals surface area contributed by atoms with E-state index < -0.39 is 23.4 Å². The van der Waals surface area contributed by atoms with Gasteiger partial charge in [0.15, 0.2) is 17.0 Å². The highest BCUT2D eigenvalue weighted by atomic mass is 35.5. The number of hydrogen-bond donors (Lipinski definition) is 1. The fraction of sp³-hybridized carbons (Fsp3) is 0.333. The molecule has 0 amide bonds. The fourth-order valence-corrected chi connectivity index (χ4v) is 7.42. The van der Waals surface area contributed by atoms with Gasteiger partial charge in [-0.2, -0.15) is 0 Å². The molecule has 5 nitrogen and oxygen atoms in total. The van der Waals surface area contributed by atoms with Crippen LogP contribution in [0, 0.1) is 0 Å². The number of Topliss-reactive ketones (excluding diaryl/α,β-unsaturated/α-hetero) is 2. The maximum Gasteiger partial charge on any atom is 0.214 e. The third kappa shape index (κ3) is 4.31. The zero-order valence-corrected chi connectivity index (χ0v) is 27.5. The molecule has 0 bridgehead atoms. The van der Waals surface area contributed by atoms with E-state index in [0.717, 1.165) is 32.7 Å². The highest BCUT2D eigenvalue weighted by Gasteiger charge is 2.67. The lowest BCUT2D eigenvalue weighted by Gasteiger charge is -2.48. The van der Waals surface area contributed by atoms with Crippen LogP contribution in [-0.4, -0.2) is 27.9 Å². The first-order valence-electron chi connectivity index (χ1n) is 15.4. The Hall–Kier alpha value is -3.93. The summed E-state index contributed by atoms with van der Waals surface area (Å²) < 4.78 is 13.2. The van der Waals surface area contributed by atoms with Crippen molar-refractivity contribution in [2.24, 2.45) is 0 Å². The van der Waals surface area contributed by atoms with Crippen LogP contribution in [-0.2, 0) is 26.8 Å². The Morgan fingerprint density at radius 2 is 1.44 bits per heavy atom. The standard InChI is InChI=1S/C39H37ClO5/c1-21(41)19-38(43)35(42)33(40)34-30(18-28-26-12-10-24(36(2,3)4)16-22(26)8-14-31(28)44-34)39(38)20-29-27-13-11-25(37(5,6)7)17-23(27)9-15-32(29)45-39/h8-18,43H,19-20H2,1-7H3/t38-,39-/m0/s1. The molecular weight excluding hydrogens is 584 g/mol. The lowest BCUT2D eigenvalue weighted by atomic mass is 9.65. The Labute approximate surface area is 268 Å². The summed E-state index contributed by atoms with van der Waals surface area (Å²) in [6.45, 7) is 14.4. The smallest absolute Gasteiger partial charge is 0.214 e. The molecule has 0 fully saturated rings. The van der Waals surface area contributed by atoms with E-state index in [4.69, 9.17) is 21.1 Å². The molecule has 4 aromatic rings. The van der Waals surface area contributed by atoms with Crippen LogP contribution in [0.2, 0.25) is 0 Å². The molecule has 0 saturated carbocycles. The van der Waals surface area contributed by atoms with Crippen LogP contribution in [0.25, 0.3) is 27.6 Å². The van der Waals surface area contributed by atoms with Crippen LogP contribution in [0.5, 0.6) is 11.5 Å². The second-order valence-electron chi connectivity index (χ2n) is 14.9. The Balaban J connectivity index is 1.48. The average molecular weight is 621 g/mol. The number of carbonyl (C=O) groups excluding carboxylic acids is 2. The van der Waals surface area contributed by atoms with E-state index in [1.54, 1.807) is 0 Å². The van der Waals surface area contributed by atoms with Crippen LogP contribution < -0.4 is 9.47 Å². The van der Waals surface area contributed by atoms with Crippen molar-refractivity contribution < 1.29 is 24.2 Å². The number of halogens is 1. The highest BCUT2D eigenvalue weighted by Crippen LogP contribution is 2.57. The molecule has 1 spiro atoms. The van der Waals surface area contributed by atoms with E-state index in [0.29, 0.717) is 17.1 Å². The maximum absolute atomic E-state index is 14.0. The maximum atomic E-state index is 14.0. The van der Waals surface area contributed by atoms with E-state index in [9.17, 15) is 14.7 Å². The fourth-order valence-electron chi connectivity index (χ4n) is 7.12. The summed E-state index contributed by atoms with van der Waals surface area (Å²) >= 11 is 6.73. The molecule has 0 aromatic heterocycles. The second kappa shape index (κ2) is 9.54. The summed E-state index contributed by atoms with van der Waals surface area (Å²) in [4.78, 5) is 26.7. The number of benzene rings is 4. The number of carbonyl (C=O) groups is 2. The molecule has 1 N–H and O–H groups in total. The van der Waals surface area contributed by atoms with Crippen molar-refractivity contribution in [2.45, 2.75) is 83.3 Å². The predicted octanol–water partition coefficient (Wildman–Crippen LogP) is 8.48. The molecule has 7 rings (SSSR count). The van der Waals surface area contributed by atoms with Crippen LogP contribution >= 0.6 is 11.6 Å². The normalized spacial score (nSPS) is 22.6. The van der Waals surface area contributed by atoms with Gasteiger partial charge in [0.05, 0.1) is 0 Å². The number of hydrogen-bond acceptors (Lipinski definition) is 5. The predicted molar refractivity (Wildman–Crippen MR) is 179 cm³/mol. The van der Waals surface area contributed by atoms with Gasteiger partial charge >= 0.3 is 0 Å². The first kappa shape index (κ1) is 29.8. The molecule has 0 radical (unpaired) electrons. The SMILES string of the molecule is CC(=O)C[C@]1(O)C(=O)C(Cl)=C2Oc3ccc4cc(C(C)(C)C)ccc4c3C=C2[C@@]12Cc1c(ccc3cc(C(C)(C)C)ccc13)O2. The first-order valence-corrected chi connectivity index (χ1v) is 15.8.